The summed E-state index contributed by atoms with van der Waals surface area (Å²) >= 11 is 6.16. The normalized spacial score (nSPS) is 34.8. The van der Waals surface area contributed by atoms with Gasteiger partial charge in [-0.1, -0.05) is 35.9 Å². The van der Waals surface area contributed by atoms with E-state index >= 15 is 0 Å². The van der Waals surface area contributed by atoms with Crippen molar-refractivity contribution in [2.24, 2.45) is 23.7 Å². The molecule has 20 heavy (non-hydrogen) atoms. The van der Waals surface area contributed by atoms with E-state index in [1.54, 1.807) is 24.3 Å². The van der Waals surface area contributed by atoms with Gasteiger partial charge in [0.2, 0.25) is 11.8 Å². The Labute approximate surface area is 122 Å². The zero-order chi connectivity index (χ0) is 13.9. The number of imide groups is 1. The van der Waals surface area contributed by atoms with Crippen LogP contribution in [0, 0.1) is 23.7 Å². The number of para-hydroxylation sites is 1. The van der Waals surface area contributed by atoms with Crippen LogP contribution in [0.3, 0.4) is 0 Å². The number of allylic oxidation sites excluding steroid dienone is 2. The van der Waals surface area contributed by atoms with Gasteiger partial charge in [-0.25, -0.2) is 4.90 Å². The molecule has 4 atom stereocenters. The van der Waals surface area contributed by atoms with Crippen LogP contribution in [0.5, 0.6) is 0 Å². The van der Waals surface area contributed by atoms with Gasteiger partial charge in [0.15, 0.2) is 0 Å². The Morgan fingerprint density at radius 3 is 2.00 bits per heavy atom. The molecule has 4 unspecified atom stereocenters. The van der Waals surface area contributed by atoms with E-state index in [9.17, 15) is 9.59 Å². The lowest BCUT2D eigenvalue weighted by Gasteiger charge is -2.38. The minimum absolute atomic E-state index is 0.0767. The molecule has 0 N–H and O–H groups in total. The Hall–Kier alpha value is -1.61. The second kappa shape index (κ2) is 4.19. The predicted molar refractivity (Wildman–Crippen MR) is 76.3 cm³/mol. The molecule has 3 aliphatic carbocycles. The highest BCUT2D eigenvalue weighted by atomic mass is 35.5. The van der Waals surface area contributed by atoms with Gasteiger partial charge in [0.1, 0.15) is 0 Å². The van der Waals surface area contributed by atoms with Crippen LogP contribution in [0.4, 0.5) is 5.69 Å². The first-order valence-electron chi connectivity index (χ1n) is 6.99. The van der Waals surface area contributed by atoms with Gasteiger partial charge in [-0.05, 0) is 36.8 Å². The van der Waals surface area contributed by atoms with Gasteiger partial charge in [-0.2, -0.15) is 0 Å². The smallest absolute Gasteiger partial charge is 0.238 e. The highest BCUT2D eigenvalue weighted by molar-refractivity contribution is 6.36. The van der Waals surface area contributed by atoms with Gasteiger partial charge < -0.3 is 0 Å². The van der Waals surface area contributed by atoms with Crippen molar-refractivity contribution in [2.45, 2.75) is 12.8 Å². The van der Waals surface area contributed by atoms with Gasteiger partial charge in [0, 0.05) is 0 Å². The molecule has 2 fully saturated rings. The van der Waals surface area contributed by atoms with Gasteiger partial charge in [-0.15, -0.1) is 0 Å². The van der Waals surface area contributed by atoms with Crippen LogP contribution in [0.15, 0.2) is 36.4 Å². The maximum absolute atomic E-state index is 12.7. The Kier molecular flexibility index (Phi) is 2.55. The molecule has 0 spiro atoms. The van der Waals surface area contributed by atoms with Crippen molar-refractivity contribution in [3.8, 4) is 0 Å². The third kappa shape index (κ3) is 1.47. The average molecular weight is 288 g/mol. The number of carbonyl (C=O) groups is 2. The molecule has 1 heterocycles. The summed E-state index contributed by atoms with van der Waals surface area (Å²) in [4.78, 5) is 26.7. The molecule has 0 aromatic heterocycles. The fraction of sp³-hybridized carbons (Fsp3) is 0.375. The first-order valence-corrected chi connectivity index (χ1v) is 7.37. The van der Waals surface area contributed by atoms with E-state index < -0.39 is 0 Å². The van der Waals surface area contributed by atoms with E-state index in [1.807, 2.05) is 0 Å². The van der Waals surface area contributed by atoms with Crippen LogP contribution in [0.25, 0.3) is 0 Å². The van der Waals surface area contributed by atoms with Crippen molar-refractivity contribution in [1.29, 1.82) is 0 Å². The SMILES string of the molecule is O=C1C2C3C=CC(CC3)C2C(=O)N1c1ccccc1Cl. The first kappa shape index (κ1) is 12.2. The minimum Gasteiger partial charge on any atom is -0.274 e. The highest BCUT2D eigenvalue weighted by Crippen LogP contribution is 2.50. The maximum atomic E-state index is 12.7. The van der Waals surface area contributed by atoms with E-state index in [2.05, 4.69) is 12.2 Å². The van der Waals surface area contributed by atoms with Crippen molar-refractivity contribution in [1.82, 2.24) is 0 Å². The molecule has 2 bridgehead atoms. The van der Waals surface area contributed by atoms with Crippen molar-refractivity contribution in [2.75, 3.05) is 4.90 Å². The number of fused-ring (bicyclic) bond motifs is 1. The summed E-state index contributed by atoms with van der Waals surface area (Å²) in [7, 11) is 0. The number of carbonyl (C=O) groups excluding carboxylic acids is 2. The van der Waals surface area contributed by atoms with Crippen molar-refractivity contribution < 1.29 is 9.59 Å². The van der Waals surface area contributed by atoms with Crippen LogP contribution < -0.4 is 4.90 Å². The molecule has 1 saturated heterocycles. The molecule has 5 rings (SSSR count). The van der Waals surface area contributed by atoms with Crippen LogP contribution >= 0.6 is 11.6 Å². The van der Waals surface area contributed by atoms with E-state index in [0.29, 0.717) is 10.7 Å². The summed E-state index contributed by atoms with van der Waals surface area (Å²) in [5.74, 6) is -0.0766. The van der Waals surface area contributed by atoms with Crippen molar-refractivity contribution in [3.63, 3.8) is 0 Å². The van der Waals surface area contributed by atoms with E-state index in [1.165, 1.54) is 4.90 Å². The van der Waals surface area contributed by atoms with Crippen molar-refractivity contribution in [3.05, 3.63) is 41.4 Å². The quantitative estimate of drug-likeness (QED) is 0.588. The lowest BCUT2D eigenvalue weighted by atomic mass is 9.63. The van der Waals surface area contributed by atoms with Crippen LogP contribution in [-0.4, -0.2) is 11.8 Å². The van der Waals surface area contributed by atoms with E-state index in [-0.39, 0.29) is 35.5 Å². The fourth-order valence-electron chi connectivity index (χ4n) is 3.94. The van der Waals surface area contributed by atoms with E-state index in [4.69, 9.17) is 11.6 Å². The van der Waals surface area contributed by atoms with Gasteiger partial charge in [0.25, 0.3) is 0 Å². The zero-order valence-electron chi connectivity index (χ0n) is 10.8. The maximum Gasteiger partial charge on any atom is 0.238 e. The molecular weight excluding hydrogens is 274 g/mol. The average Bonchev–Trinajstić information content (AvgIpc) is 2.75. The molecular formula is C16H14ClNO2. The fourth-order valence-corrected chi connectivity index (χ4v) is 4.16. The van der Waals surface area contributed by atoms with Crippen LogP contribution in [0.1, 0.15) is 12.8 Å². The lowest BCUT2D eigenvalue weighted by Crippen LogP contribution is -2.38. The summed E-state index contributed by atoms with van der Waals surface area (Å²) < 4.78 is 0. The van der Waals surface area contributed by atoms with Gasteiger partial charge in [-0.3, -0.25) is 9.59 Å². The number of rotatable bonds is 1. The number of hydrogen-bond acceptors (Lipinski definition) is 2. The topological polar surface area (TPSA) is 37.4 Å². The standard InChI is InChI=1S/C16H14ClNO2/c17-11-3-1-2-4-12(11)18-15(19)13-9-5-6-10(8-7-9)14(13)16(18)20/h1-6,9-10,13-14H,7-8H2. The largest absolute Gasteiger partial charge is 0.274 e. The Bertz CT molecular complexity index is 607. The monoisotopic (exact) mass is 287 g/mol. The number of benzene rings is 1. The lowest BCUT2D eigenvalue weighted by molar-refractivity contribution is -0.124. The van der Waals surface area contributed by atoms with E-state index in [0.717, 1.165) is 12.8 Å². The molecule has 1 aromatic rings. The number of hydrogen-bond donors (Lipinski definition) is 0. The molecule has 0 radical (unpaired) electrons. The number of amides is 2. The molecule has 4 heteroatoms. The molecule has 3 nitrogen and oxygen atoms in total. The zero-order valence-corrected chi connectivity index (χ0v) is 11.6. The Morgan fingerprint density at radius 2 is 1.50 bits per heavy atom. The van der Waals surface area contributed by atoms with Crippen LogP contribution in [-0.2, 0) is 9.59 Å². The molecule has 2 amide bonds. The summed E-state index contributed by atoms with van der Waals surface area (Å²) in [6.07, 6.45) is 6.27. The highest BCUT2D eigenvalue weighted by Gasteiger charge is 2.57. The molecule has 102 valence electrons. The summed E-state index contributed by atoms with van der Waals surface area (Å²) in [5.41, 5.74) is 0.526. The molecule has 1 aliphatic heterocycles. The van der Waals surface area contributed by atoms with Crippen molar-refractivity contribution >= 4 is 29.1 Å². The molecule has 1 aromatic carbocycles. The van der Waals surface area contributed by atoms with Gasteiger partial charge in [0.05, 0.1) is 22.5 Å². The third-order valence-corrected chi connectivity index (χ3v) is 5.17. The Morgan fingerprint density at radius 1 is 0.950 bits per heavy atom. The molecule has 4 aliphatic rings. The predicted octanol–water partition coefficient (Wildman–Crippen LogP) is 3.04. The third-order valence-electron chi connectivity index (χ3n) is 4.85. The first-order chi connectivity index (χ1) is 9.68. The van der Waals surface area contributed by atoms with Crippen LogP contribution in [0.2, 0.25) is 5.02 Å². The second-order valence-electron chi connectivity index (χ2n) is 5.80. The number of halogens is 1. The summed E-state index contributed by atoms with van der Waals surface area (Å²) in [5, 5.41) is 0.452. The summed E-state index contributed by atoms with van der Waals surface area (Å²) in [6.45, 7) is 0. The minimum atomic E-state index is -0.178. The number of nitrogens with zero attached hydrogens (tertiary/aromatic N) is 1. The number of anilines is 1. The second-order valence-corrected chi connectivity index (χ2v) is 6.21. The van der Waals surface area contributed by atoms with Gasteiger partial charge >= 0.3 is 0 Å². The summed E-state index contributed by atoms with van der Waals surface area (Å²) in [6, 6.07) is 7.06. The Balaban J connectivity index is 1.80. The molecule has 1 saturated carbocycles.